The number of rotatable bonds is 3. The summed E-state index contributed by atoms with van der Waals surface area (Å²) in [6, 6.07) is 1.80. The zero-order chi connectivity index (χ0) is 15.5. The first-order valence-corrected chi connectivity index (χ1v) is 7.93. The molecule has 2 fully saturated rings. The van der Waals surface area contributed by atoms with Crippen molar-refractivity contribution < 1.29 is 14.3 Å². The van der Waals surface area contributed by atoms with Gasteiger partial charge in [-0.25, -0.2) is 0 Å². The summed E-state index contributed by atoms with van der Waals surface area (Å²) in [7, 11) is 0. The highest BCUT2D eigenvalue weighted by Gasteiger charge is 2.31. The lowest BCUT2D eigenvalue weighted by atomic mass is 10.2. The topological polar surface area (TPSA) is 78.5 Å². The fourth-order valence-corrected chi connectivity index (χ4v) is 2.92. The summed E-state index contributed by atoms with van der Waals surface area (Å²) >= 11 is 0. The van der Waals surface area contributed by atoms with Gasteiger partial charge in [0.05, 0.1) is 0 Å². The number of aromatic amines is 1. The number of aryl methyl sites for hydroxylation is 1. The van der Waals surface area contributed by atoms with Gasteiger partial charge in [0.2, 0.25) is 0 Å². The van der Waals surface area contributed by atoms with Gasteiger partial charge in [0.25, 0.3) is 11.8 Å². The van der Waals surface area contributed by atoms with E-state index < -0.39 is 0 Å². The zero-order valence-corrected chi connectivity index (χ0v) is 12.9. The number of hydrogen-bond acceptors (Lipinski definition) is 4. The first-order chi connectivity index (χ1) is 10.7. The summed E-state index contributed by atoms with van der Waals surface area (Å²) in [6.07, 6.45) is 2.31. The molecule has 7 nitrogen and oxygen atoms in total. The number of amides is 2. The molecule has 1 atom stereocenters. The van der Waals surface area contributed by atoms with Crippen LogP contribution in [0.2, 0.25) is 0 Å². The minimum Gasteiger partial charge on any atom is -0.368 e. The maximum atomic E-state index is 12.4. The van der Waals surface area contributed by atoms with Gasteiger partial charge < -0.3 is 14.5 Å². The summed E-state index contributed by atoms with van der Waals surface area (Å²) in [5, 5.41) is 6.92. The van der Waals surface area contributed by atoms with Crippen LogP contribution >= 0.6 is 0 Å². The molecular formula is C15H22N4O3. The number of piperazine rings is 1. The van der Waals surface area contributed by atoms with Crippen molar-refractivity contribution in [3.05, 3.63) is 17.5 Å². The minimum absolute atomic E-state index is 0.0673. The second-order valence-corrected chi connectivity index (χ2v) is 5.75. The molecule has 0 spiro atoms. The molecule has 0 saturated carbocycles. The van der Waals surface area contributed by atoms with Crippen LogP contribution in [0, 0.1) is 0 Å². The predicted octanol–water partition coefficient (Wildman–Crippen LogP) is 0.435. The maximum absolute atomic E-state index is 12.4. The standard InChI is InChI=1S/C15H22N4O3/c1-2-11-10-12(17-16-11)14(20)18-5-7-19(8-6-18)15(21)13-4-3-9-22-13/h10,13H,2-9H2,1H3,(H,16,17). The number of nitrogens with one attached hydrogen (secondary N) is 1. The SMILES string of the molecule is CCc1cc(C(=O)N2CCN(C(=O)C3CCCO3)CC2)n[nH]1. The highest BCUT2D eigenvalue weighted by molar-refractivity contribution is 5.92. The fraction of sp³-hybridized carbons (Fsp3) is 0.667. The molecule has 0 radical (unpaired) electrons. The summed E-state index contributed by atoms with van der Waals surface area (Å²) in [4.78, 5) is 28.2. The molecule has 2 aliphatic heterocycles. The number of hydrogen-bond donors (Lipinski definition) is 1. The predicted molar refractivity (Wildman–Crippen MR) is 79.4 cm³/mol. The van der Waals surface area contributed by atoms with Crippen molar-refractivity contribution in [2.24, 2.45) is 0 Å². The maximum Gasteiger partial charge on any atom is 0.274 e. The molecule has 7 heteroatoms. The van der Waals surface area contributed by atoms with Crippen LogP contribution in [0.3, 0.4) is 0 Å². The van der Waals surface area contributed by atoms with E-state index in [0.29, 0.717) is 38.5 Å². The molecular weight excluding hydrogens is 284 g/mol. The third kappa shape index (κ3) is 2.99. The number of aromatic nitrogens is 2. The number of ether oxygens (including phenoxy) is 1. The van der Waals surface area contributed by atoms with Gasteiger partial charge in [0.15, 0.2) is 0 Å². The molecule has 0 aliphatic carbocycles. The quantitative estimate of drug-likeness (QED) is 0.878. The Labute approximate surface area is 129 Å². The molecule has 3 rings (SSSR count). The molecule has 0 bridgehead atoms. The summed E-state index contributed by atoms with van der Waals surface area (Å²) in [6.45, 7) is 4.91. The van der Waals surface area contributed by atoms with E-state index in [9.17, 15) is 9.59 Å². The van der Waals surface area contributed by atoms with E-state index in [4.69, 9.17) is 4.74 Å². The first kappa shape index (κ1) is 15.0. The molecule has 1 unspecified atom stereocenters. The van der Waals surface area contributed by atoms with Gasteiger partial charge >= 0.3 is 0 Å². The lowest BCUT2D eigenvalue weighted by Crippen LogP contribution is -2.52. The first-order valence-electron chi connectivity index (χ1n) is 7.93. The van der Waals surface area contributed by atoms with E-state index in [1.165, 1.54) is 0 Å². The van der Waals surface area contributed by atoms with Crippen LogP contribution in [0.25, 0.3) is 0 Å². The molecule has 2 saturated heterocycles. The number of nitrogens with zero attached hydrogens (tertiary/aromatic N) is 3. The van der Waals surface area contributed by atoms with Crippen molar-refractivity contribution in [1.82, 2.24) is 20.0 Å². The van der Waals surface area contributed by atoms with Crippen LogP contribution in [0.1, 0.15) is 35.9 Å². The van der Waals surface area contributed by atoms with E-state index in [-0.39, 0.29) is 17.9 Å². The molecule has 2 aliphatic rings. The molecule has 2 amide bonds. The molecule has 22 heavy (non-hydrogen) atoms. The van der Waals surface area contributed by atoms with Crippen LogP contribution < -0.4 is 0 Å². The minimum atomic E-state index is -0.277. The van der Waals surface area contributed by atoms with Gasteiger partial charge in [-0.2, -0.15) is 5.10 Å². The Kier molecular flexibility index (Phi) is 4.42. The largest absolute Gasteiger partial charge is 0.368 e. The Hall–Kier alpha value is -1.89. The van der Waals surface area contributed by atoms with Crippen LogP contribution in [0.4, 0.5) is 0 Å². The lowest BCUT2D eigenvalue weighted by molar-refractivity contribution is -0.142. The normalized spacial score (nSPS) is 22.1. The lowest BCUT2D eigenvalue weighted by Gasteiger charge is -2.35. The fourth-order valence-electron chi connectivity index (χ4n) is 2.92. The highest BCUT2D eigenvalue weighted by atomic mass is 16.5. The van der Waals surface area contributed by atoms with Crippen molar-refractivity contribution in [3.63, 3.8) is 0 Å². The van der Waals surface area contributed by atoms with Gasteiger partial charge in [-0.3, -0.25) is 14.7 Å². The van der Waals surface area contributed by atoms with Crippen LogP contribution in [-0.4, -0.2) is 70.7 Å². The summed E-state index contributed by atoms with van der Waals surface area (Å²) in [5.74, 6) is -0.00203. The van der Waals surface area contributed by atoms with Crippen molar-refractivity contribution in [2.45, 2.75) is 32.3 Å². The Morgan fingerprint density at radius 1 is 1.32 bits per heavy atom. The van der Waals surface area contributed by atoms with Gasteiger partial charge in [-0.15, -0.1) is 0 Å². The van der Waals surface area contributed by atoms with Crippen molar-refractivity contribution in [1.29, 1.82) is 0 Å². The average molecular weight is 306 g/mol. The van der Waals surface area contributed by atoms with E-state index in [1.807, 2.05) is 11.8 Å². The van der Waals surface area contributed by atoms with Crippen molar-refractivity contribution >= 4 is 11.8 Å². The Morgan fingerprint density at radius 2 is 2.05 bits per heavy atom. The van der Waals surface area contributed by atoms with Crippen LogP contribution in [0.5, 0.6) is 0 Å². The Bertz CT molecular complexity index is 543. The van der Waals surface area contributed by atoms with Gasteiger partial charge in [-0.1, -0.05) is 6.92 Å². The second kappa shape index (κ2) is 6.48. The van der Waals surface area contributed by atoms with E-state index in [1.54, 1.807) is 11.0 Å². The van der Waals surface area contributed by atoms with Crippen LogP contribution in [0.15, 0.2) is 6.07 Å². The number of carbonyl (C=O) groups excluding carboxylic acids is 2. The van der Waals surface area contributed by atoms with Gasteiger partial charge in [0.1, 0.15) is 11.8 Å². The summed E-state index contributed by atoms with van der Waals surface area (Å²) < 4.78 is 5.44. The molecule has 120 valence electrons. The second-order valence-electron chi connectivity index (χ2n) is 5.75. The van der Waals surface area contributed by atoms with Gasteiger partial charge in [0, 0.05) is 38.5 Å². The van der Waals surface area contributed by atoms with E-state index in [2.05, 4.69) is 10.2 Å². The number of carbonyl (C=O) groups is 2. The highest BCUT2D eigenvalue weighted by Crippen LogP contribution is 2.16. The molecule has 3 heterocycles. The number of H-pyrrole nitrogens is 1. The molecule has 1 N–H and O–H groups in total. The molecule has 0 aromatic carbocycles. The van der Waals surface area contributed by atoms with E-state index >= 15 is 0 Å². The van der Waals surface area contributed by atoms with Crippen molar-refractivity contribution in [3.8, 4) is 0 Å². The third-order valence-electron chi connectivity index (χ3n) is 4.31. The van der Waals surface area contributed by atoms with Crippen molar-refractivity contribution in [2.75, 3.05) is 32.8 Å². The monoisotopic (exact) mass is 306 g/mol. The Balaban J connectivity index is 1.54. The van der Waals surface area contributed by atoms with Gasteiger partial charge in [-0.05, 0) is 25.3 Å². The van der Waals surface area contributed by atoms with E-state index in [0.717, 1.165) is 25.0 Å². The Morgan fingerprint density at radius 3 is 2.64 bits per heavy atom. The molecule has 1 aromatic heterocycles. The third-order valence-corrected chi connectivity index (χ3v) is 4.31. The zero-order valence-electron chi connectivity index (χ0n) is 12.9. The molecule has 1 aromatic rings. The summed E-state index contributed by atoms with van der Waals surface area (Å²) in [5.41, 5.74) is 1.41. The van der Waals surface area contributed by atoms with Crippen LogP contribution in [-0.2, 0) is 16.0 Å². The smallest absolute Gasteiger partial charge is 0.274 e. The average Bonchev–Trinajstić information content (AvgIpc) is 3.25.